The summed E-state index contributed by atoms with van der Waals surface area (Å²) in [6, 6.07) is 12.8. The van der Waals surface area contributed by atoms with Crippen molar-refractivity contribution in [2.24, 2.45) is 5.73 Å². The summed E-state index contributed by atoms with van der Waals surface area (Å²) in [5.74, 6) is 0. The summed E-state index contributed by atoms with van der Waals surface area (Å²) >= 11 is 0. The standard InChI is InChI=1S/C14H10N4O/c1-9-2-4-10(5-3-9)13-14(8-17,19-13)12(18)11(6-15)7-16/h2-5,13H,18H2,1H3/t13-,14-/m1/s1. The monoisotopic (exact) mass is 250 g/mol. The summed E-state index contributed by atoms with van der Waals surface area (Å²) in [5, 5.41) is 26.8. The van der Waals surface area contributed by atoms with Gasteiger partial charge in [-0.05, 0) is 12.5 Å². The minimum Gasteiger partial charge on any atom is -0.397 e. The van der Waals surface area contributed by atoms with Crippen molar-refractivity contribution in [3.05, 3.63) is 46.7 Å². The number of rotatable bonds is 2. The number of nitrogens with zero attached hydrogens (tertiary/aromatic N) is 3. The first-order valence-electron chi connectivity index (χ1n) is 5.55. The van der Waals surface area contributed by atoms with E-state index in [0.29, 0.717) is 0 Å². The van der Waals surface area contributed by atoms with Gasteiger partial charge in [-0.3, -0.25) is 0 Å². The number of hydrogen-bond donors (Lipinski definition) is 1. The molecule has 1 aliphatic heterocycles. The van der Waals surface area contributed by atoms with Crippen molar-refractivity contribution in [2.75, 3.05) is 0 Å². The molecule has 1 aliphatic rings. The maximum Gasteiger partial charge on any atom is 0.227 e. The molecule has 0 unspecified atom stereocenters. The molecule has 5 heteroatoms. The predicted molar refractivity (Wildman–Crippen MR) is 65.8 cm³/mol. The molecule has 1 heterocycles. The predicted octanol–water partition coefficient (Wildman–Crippen LogP) is 1.59. The molecular weight excluding hydrogens is 240 g/mol. The lowest BCUT2D eigenvalue weighted by atomic mass is 9.95. The second kappa shape index (κ2) is 4.46. The quantitative estimate of drug-likeness (QED) is 0.633. The largest absolute Gasteiger partial charge is 0.397 e. The summed E-state index contributed by atoms with van der Waals surface area (Å²) in [4.78, 5) is 0. The van der Waals surface area contributed by atoms with Gasteiger partial charge in [0.2, 0.25) is 5.60 Å². The van der Waals surface area contributed by atoms with Gasteiger partial charge in [-0.2, -0.15) is 15.8 Å². The second-order valence-corrected chi connectivity index (χ2v) is 4.27. The Morgan fingerprint density at radius 1 is 1.21 bits per heavy atom. The second-order valence-electron chi connectivity index (χ2n) is 4.27. The molecule has 0 radical (unpaired) electrons. The zero-order valence-electron chi connectivity index (χ0n) is 10.2. The number of epoxide rings is 1. The molecule has 2 rings (SSSR count). The van der Waals surface area contributed by atoms with E-state index in [1.807, 2.05) is 37.3 Å². The van der Waals surface area contributed by atoms with Crippen molar-refractivity contribution in [3.8, 4) is 18.2 Å². The van der Waals surface area contributed by atoms with Crippen LogP contribution in [0.1, 0.15) is 17.2 Å². The fourth-order valence-corrected chi connectivity index (χ4v) is 1.88. The third-order valence-corrected chi connectivity index (χ3v) is 3.06. The molecule has 0 saturated carbocycles. The zero-order valence-corrected chi connectivity index (χ0v) is 10.2. The summed E-state index contributed by atoms with van der Waals surface area (Å²) in [6.45, 7) is 1.95. The van der Waals surface area contributed by atoms with E-state index in [-0.39, 0.29) is 11.3 Å². The van der Waals surface area contributed by atoms with Gasteiger partial charge >= 0.3 is 0 Å². The van der Waals surface area contributed by atoms with Crippen LogP contribution in [0, 0.1) is 40.9 Å². The Kier molecular flexibility index (Phi) is 2.97. The van der Waals surface area contributed by atoms with E-state index in [1.165, 1.54) is 0 Å². The van der Waals surface area contributed by atoms with Gasteiger partial charge in [0, 0.05) is 0 Å². The van der Waals surface area contributed by atoms with E-state index in [4.69, 9.17) is 21.0 Å². The number of nitrogens with two attached hydrogens (primary N) is 1. The highest BCUT2D eigenvalue weighted by Crippen LogP contribution is 2.53. The van der Waals surface area contributed by atoms with Gasteiger partial charge in [-0.15, -0.1) is 0 Å². The third kappa shape index (κ3) is 1.91. The van der Waals surface area contributed by atoms with Gasteiger partial charge in [-0.1, -0.05) is 29.8 Å². The maximum absolute atomic E-state index is 9.25. The first-order chi connectivity index (χ1) is 9.08. The van der Waals surface area contributed by atoms with Gasteiger partial charge in [0.15, 0.2) is 5.57 Å². The number of aryl methyl sites for hydroxylation is 1. The highest BCUT2D eigenvalue weighted by atomic mass is 16.6. The van der Waals surface area contributed by atoms with Crippen molar-refractivity contribution in [1.82, 2.24) is 0 Å². The average Bonchev–Trinajstić information content (AvgIpc) is 3.17. The molecule has 0 aliphatic carbocycles. The van der Waals surface area contributed by atoms with E-state index >= 15 is 0 Å². The molecule has 0 aromatic heterocycles. The van der Waals surface area contributed by atoms with Crippen molar-refractivity contribution in [1.29, 1.82) is 15.8 Å². The lowest BCUT2D eigenvalue weighted by molar-refractivity contribution is 0.356. The average molecular weight is 250 g/mol. The van der Waals surface area contributed by atoms with Gasteiger partial charge in [0.25, 0.3) is 0 Å². The molecule has 1 aromatic rings. The van der Waals surface area contributed by atoms with Crippen LogP contribution in [-0.4, -0.2) is 5.60 Å². The summed E-state index contributed by atoms with van der Waals surface area (Å²) in [6.07, 6.45) is -0.533. The van der Waals surface area contributed by atoms with Crippen molar-refractivity contribution >= 4 is 0 Å². The molecule has 1 fully saturated rings. The van der Waals surface area contributed by atoms with Crippen LogP contribution in [0.15, 0.2) is 35.5 Å². The van der Waals surface area contributed by atoms with Gasteiger partial charge in [-0.25, -0.2) is 0 Å². The Balaban J connectivity index is 2.40. The van der Waals surface area contributed by atoms with Crippen molar-refractivity contribution in [2.45, 2.75) is 18.6 Å². The van der Waals surface area contributed by atoms with E-state index in [9.17, 15) is 5.26 Å². The van der Waals surface area contributed by atoms with E-state index in [2.05, 4.69) is 0 Å². The topological polar surface area (TPSA) is 110 Å². The third-order valence-electron chi connectivity index (χ3n) is 3.06. The number of hydrogen-bond acceptors (Lipinski definition) is 5. The van der Waals surface area contributed by atoms with Crippen molar-refractivity contribution < 1.29 is 4.74 Å². The lowest BCUT2D eigenvalue weighted by Crippen LogP contribution is -2.22. The Hall–Kier alpha value is -2.81. The molecule has 2 N–H and O–H groups in total. The molecule has 0 spiro atoms. The van der Waals surface area contributed by atoms with E-state index in [0.717, 1.165) is 11.1 Å². The normalized spacial score (nSPS) is 23.6. The first-order valence-corrected chi connectivity index (χ1v) is 5.55. The number of ether oxygens (including phenoxy) is 1. The number of benzene rings is 1. The Labute approximate surface area is 110 Å². The highest BCUT2D eigenvalue weighted by molar-refractivity contribution is 5.51. The van der Waals surface area contributed by atoms with Gasteiger partial charge in [0.1, 0.15) is 24.3 Å². The van der Waals surface area contributed by atoms with Crippen LogP contribution in [0.4, 0.5) is 0 Å². The first kappa shape index (κ1) is 12.6. The Morgan fingerprint density at radius 3 is 2.26 bits per heavy atom. The molecule has 0 bridgehead atoms. The molecule has 1 aromatic carbocycles. The Bertz CT molecular complexity index is 653. The van der Waals surface area contributed by atoms with Crippen LogP contribution < -0.4 is 5.73 Å². The number of nitriles is 3. The molecule has 92 valence electrons. The van der Waals surface area contributed by atoms with Crippen LogP contribution in [0.5, 0.6) is 0 Å². The Morgan fingerprint density at radius 2 is 1.79 bits per heavy atom. The SMILES string of the molecule is Cc1ccc([C@H]2O[C@]2(C#N)C(N)=C(C#N)C#N)cc1. The minimum atomic E-state index is -1.39. The molecule has 1 saturated heterocycles. The molecule has 5 nitrogen and oxygen atoms in total. The summed E-state index contributed by atoms with van der Waals surface area (Å²) in [5.41, 5.74) is 5.83. The molecular formula is C14H10N4O. The highest BCUT2D eigenvalue weighted by Gasteiger charge is 2.61. The van der Waals surface area contributed by atoms with Crippen LogP contribution >= 0.6 is 0 Å². The smallest absolute Gasteiger partial charge is 0.227 e. The van der Waals surface area contributed by atoms with Crippen LogP contribution in [-0.2, 0) is 4.74 Å². The maximum atomic E-state index is 9.25. The molecule has 2 atom stereocenters. The van der Waals surface area contributed by atoms with Crippen LogP contribution in [0.3, 0.4) is 0 Å². The van der Waals surface area contributed by atoms with Gasteiger partial charge < -0.3 is 10.5 Å². The van der Waals surface area contributed by atoms with E-state index in [1.54, 1.807) is 12.1 Å². The summed E-state index contributed by atoms with van der Waals surface area (Å²) < 4.78 is 5.38. The zero-order chi connectivity index (χ0) is 14.0. The van der Waals surface area contributed by atoms with Crippen molar-refractivity contribution in [3.63, 3.8) is 0 Å². The summed E-state index contributed by atoms with van der Waals surface area (Å²) in [7, 11) is 0. The number of allylic oxidation sites excluding steroid dienone is 1. The lowest BCUT2D eigenvalue weighted by Gasteiger charge is -2.04. The fraction of sp³-hybridized carbons (Fsp3) is 0.214. The van der Waals surface area contributed by atoms with Crippen LogP contribution in [0.25, 0.3) is 0 Å². The van der Waals surface area contributed by atoms with Gasteiger partial charge in [0.05, 0.1) is 5.70 Å². The van der Waals surface area contributed by atoms with E-state index < -0.39 is 11.7 Å². The minimum absolute atomic E-state index is 0.120. The molecule has 19 heavy (non-hydrogen) atoms. The fourth-order valence-electron chi connectivity index (χ4n) is 1.88. The van der Waals surface area contributed by atoms with Crippen LogP contribution in [0.2, 0.25) is 0 Å². The molecule has 0 amide bonds.